The third kappa shape index (κ3) is 3.94. The molecule has 0 radical (unpaired) electrons. The standard InChI is InChI=1S/C10H10Cl3N3O2/c1-4(9(17)16-10(14)18)15-8-6(12)2-5(11)3-7(8)13/h2-4,15H,1H3,(H3,14,16,17,18). The van der Waals surface area contributed by atoms with E-state index in [-0.39, 0.29) is 10.0 Å². The number of urea groups is 1. The van der Waals surface area contributed by atoms with Gasteiger partial charge in [0, 0.05) is 5.02 Å². The molecule has 0 aromatic heterocycles. The zero-order valence-electron chi connectivity index (χ0n) is 9.26. The van der Waals surface area contributed by atoms with Crippen LogP contribution in [-0.2, 0) is 4.79 Å². The van der Waals surface area contributed by atoms with Crippen molar-refractivity contribution in [3.8, 4) is 0 Å². The van der Waals surface area contributed by atoms with Crippen LogP contribution < -0.4 is 16.4 Å². The first-order valence-electron chi connectivity index (χ1n) is 4.82. The summed E-state index contributed by atoms with van der Waals surface area (Å²) in [5, 5.41) is 5.63. The molecule has 18 heavy (non-hydrogen) atoms. The molecule has 4 N–H and O–H groups in total. The van der Waals surface area contributed by atoms with Gasteiger partial charge in [-0.25, -0.2) is 4.79 Å². The number of carbonyl (C=O) groups is 2. The van der Waals surface area contributed by atoms with Crippen LogP contribution in [0.15, 0.2) is 12.1 Å². The average molecular weight is 311 g/mol. The smallest absolute Gasteiger partial charge is 0.318 e. The lowest BCUT2D eigenvalue weighted by atomic mass is 10.2. The Bertz CT molecular complexity index is 470. The Morgan fingerprint density at radius 3 is 2.17 bits per heavy atom. The maximum absolute atomic E-state index is 11.5. The van der Waals surface area contributed by atoms with Crippen molar-refractivity contribution in [1.82, 2.24) is 5.32 Å². The molecule has 1 aromatic carbocycles. The highest BCUT2D eigenvalue weighted by Gasteiger charge is 2.17. The van der Waals surface area contributed by atoms with Crippen LogP contribution in [0.3, 0.4) is 0 Å². The Hall–Kier alpha value is -1.17. The predicted molar refractivity (Wildman–Crippen MR) is 72.3 cm³/mol. The van der Waals surface area contributed by atoms with Gasteiger partial charge < -0.3 is 11.1 Å². The monoisotopic (exact) mass is 309 g/mol. The minimum atomic E-state index is -0.929. The molecule has 0 bridgehead atoms. The molecule has 0 saturated carbocycles. The number of rotatable bonds is 3. The van der Waals surface area contributed by atoms with E-state index in [0.29, 0.717) is 10.7 Å². The molecule has 1 rings (SSSR count). The zero-order chi connectivity index (χ0) is 13.9. The number of primary amides is 1. The number of anilines is 1. The van der Waals surface area contributed by atoms with Gasteiger partial charge in [0.2, 0.25) is 5.91 Å². The van der Waals surface area contributed by atoms with Crippen LogP contribution >= 0.6 is 34.8 Å². The van der Waals surface area contributed by atoms with E-state index < -0.39 is 18.0 Å². The number of nitrogens with one attached hydrogen (secondary N) is 2. The first-order valence-corrected chi connectivity index (χ1v) is 5.96. The Kier molecular flexibility index (Phi) is 5.07. The van der Waals surface area contributed by atoms with E-state index in [0.717, 1.165) is 0 Å². The largest absolute Gasteiger partial charge is 0.371 e. The van der Waals surface area contributed by atoms with Crippen LogP contribution in [0, 0.1) is 0 Å². The maximum Gasteiger partial charge on any atom is 0.318 e. The molecule has 0 aliphatic rings. The number of benzene rings is 1. The lowest BCUT2D eigenvalue weighted by Gasteiger charge is -2.16. The molecule has 8 heteroatoms. The van der Waals surface area contributed by atoms with Gasteiger partial charge in [-0.05, 0) is 19.1 Å². The van der Waals surface area contributed by atoms with Crippen molar-refractivity contribution >= 4 is 52.4 Å². The molecule has 98 valence electrons. The van der Waals surface area contributed by atoms with Crippen molar-refractivity contribution in [3.05, 3.63) is 27.2 Å². The minimum absolute atomic E-state index is 0.270. The van der Waals surface area contributed by atoms with Gasteiger partial charge in [0.05, 0.1) is 15.7 Å². The van der Waals surface area contributed by atoms with Gasteiger partial charge in [-0.1, -0.05) is 34.8 Å². The Morgan fingerprint density at radius 2 is 1.72 bits per heavy atom. The minimum Gasteiger partial charge on any atom is -0.371 e. The van der Waals surface area contributed by atoms with Crippen LogP contribution in [0.5, 0.6) is 0 Å². The number of nitrogens with two attached hydrogens (primary N) is 1. The van der Waals surface area contributed by atoms with Crippen LogP contribution in [0.1, 0.15) is 6.92 Å². The molecule has 0 saturated heterocycles. The van der Waals surface area contributed by atoms with Crippen molar-refractivity contribution in [2.75, 3.05) is 5.32 Å². The molecule has 0 heterocycles. The number of halogens is 3. The molecule has 0 fully saturated rings. The summed E-state index contributed by atoms with van der Waals surface area (Å²) in [6, 6.07) is 1.29. The SMILES string of the molecule is CC(Nc1c(Cl)cc(Cl)cc1Cl)C(=O)NC(N)=O. The summed E-state index contributed by atoms with van der Waals surface area (Å²) in [6.07, 6.45) is 0. The summed E-state index contributed by atoms with van der Waals surface area (Å²) in [6.45, 7) is 1.53. The van der Waals surface area contributed by atoms with Crippen molar-refractivity contribution in [2.24, 2.45) is 5.73 Å². The van der Waals surface area contributed by atoms with Crippen molar-refractivity contribution in [2.45, 2.75) is 13.0 Å². The third-order valence-electron chi connectivity index (χ3n) is 2.01. The summed E-state index contributed by atoms with van der Waals surface area (Å²) < 4.78 is 0. The highest BCUT2D eigenvalue weighted by Crippen LogP contribution is 2.33. The fourth-order valence-corrected chi connectivity index (χ4v) is 2.12. The van der Waals surface area contributed by atoms with Crippen molar-refractivity contribution in [1.29, 1.82) is 0 Å². The Labute approximate surface area is 119 Å². The number of hydrogen-bond acceptors (Lipinski definition) is 3. The number of amides is 3. The molecule has 0 aliphatic carbocycles. The summed E-state index contributed by atoms with van der Waals surface area (Å²) in [7, 11) is 0. The molecular formula is C10H10Cl3N3O2. The van der Waals surface area contributed by atoms with E-state index in [1.54, 1.807) is 0 Å². The molecule has 0 aliphatic heterocycles. The molecule has 1 aromatic rings. The second-order valence-corrected chi connectivity index (χ2v) is 4.71. The van der Waals surface area contributed by atoms with Gasteiger partial charge in [-0.3, -0.25) is 10.1 Å². The molecular weight excluding hydrogens is 300 g/mol. The van der Waals surface area contributed by atoms with Crippen molar-refractivity contribution in [3.63, 3.8) is 0 Å². The van der Waals surface area contributed by atoms with E-state index in [2.05, 4.69) is 5.32 Å². The molecule has 1 unspecified atom stereocenters. The van der Waals surface area contributed by atoms with E-state index in [9.17, 15) is 9.59 Å². The fourth-order valence-electron chi connectivity index (χ4n) is 1.19. The molecule has 3 amide bonds. The van der Waals surface area contributed by atoms with Gasteiger partial charge in [0.15, 0.2) is 0 Å². The first kappa shape index (κ1) is 14.9. The summed E-state index contributed by atoms with van der Waals surface area (Å²) in [5.41, 5.74) is 5.19. The Balaban J connectivity index is 2.85. The normalized spacial score (nSPS) is 11.8. The number of hydrogen-bond donors (Lipinski definition) is 3. The average Bonchev–Trinajstić information content (AvgIpc) is 2.21. The van der Waals surface area contributed by atoms with Gasteiger partial charge in [0.25, 0.3) is 0 Å². The molecule has 5 nitrogen and oxygen atoms in total. The van der Waals surface area contributed by atoms with Gasteiger partial charge in [-0.2, -0.15) is 0 Å². The maximum atomic E-state index is 11.5. The lowest BCUT2D eigenvalue weighted by Crippen LogP contribution is -2.43. The third-order valence-corrected chi connectivity index (χ3v) is 2.82. The topological polar surface area (TPSA) is 84.2 Å². The van der Waals surface area contributed by atoms with Crippen LogP contribution in [0.4, 0.5) is 10.5 Å². The van der Waals surface area contributed by atoms with Gasteiger partial charge >= 0.3 is 6.03 Å². The highest BCUT2D eigenvalue weighted by molar-refractivity contribution is 6.41. The lowest BCUT2D eigenvalue weighted by molar-refractivity contribution is -0.120. The second-order valence-electron chi connectivity index (χ2n) is 3.46. The fraction of sp³-hybridized carbons (Fsp3) is 0.200. The van der Waals surface area contributed by atoms with Crippen molar-refractivity contribution < 1.29 is 9.59 Å². The first-order chi connectivity index (χ1) is 8.31. The highest BCUT2D eigenvalue weighted by atomic mass is 35.5. The number of imide groups is 1. The zero-order valence-corrected chi connectivity index (χ0v) is 11.5. The van der Waals surface area contributed by atoms with Crippen LogP contribution in [0.25, 0.3) is 0 Å². The summed E-state index contributed by atoms with van der Waals surface area (Å²) in [4.78, 5) is 22.0. The van der Waals surface area contributed by atoms with E-state index in [4.69, 9.17) is 40.5 Å². The van der Waals surface area contributed by atoms with Crippen LogP contribution in [0.2, 0.25) is 15.1 Å². The molecule has 0 spiro atoms. The van der Waals surface area contributed by atoms with Gasteiger partial charge in [-0.15, -0.1) is 0 Å². The summed E-state index contributed by atoms with van der Waals surface area (Å²) in [5.74, 6) is -0.593. The van der Waals surface area contributed by atoms with Gasteiger partial charge in [0.1, 0.15) is 6.04 Å². The second kappa shape index (κ2) is 6.13. The quantitative estimate of drug-likeness (QED) is 0.802. The van der Waals surface area contributed by atoms with Crippen LogP contribution in [-0.4, -0.2) is 18.0 Å². The summed E-state index contributed by atoms with van der Waals surface area (Å²) >= 11 is 17.6. The predicted octanol–water partition coefficient (Wildman–Crippen LogP) is 2.64. The van der Waals surface area contributed by atoms with E-state index in [1.165, 1.54) is 19.1 Å². The van der Waals surface area contributed by atoms with E-state index in [1.807, 2.05) is 5.32 Å². The van der Waals surface area contributed by atoms with E-state index >= 15 is 0 Å². The number of carbonyl (C=O) groups excluding carboxylic acids is 2. The molecule has 1 atom stereocenters. The Morgan fingerprint density at radius 1 is 1.22 bits per heavy atom.